The van der Waals surface area contributed by atoms with E-state index in [9.17, 15) is 14.4 Å². The van der Waals surface area contributed by atoms with Gasteiger partial charge in [-0.2, -0.15) is 0 Å². The Morgan fingerprint density at radius 2 is 1.87 bits per heavy atom. The van der Waals surface area contributed by atoms with Crippen LogP contribution in [0.25, 0.3) is 0 Å². The van der Waals surface area contributed by atoms with Crippen molar-refractivity contribution in [1.29, 1.82) is 0 Å². The Bertz CT molecular complexity index is 1300. The quantitative estimate of drug-likeness (QED) is 0.466. The Labute approximate surface area is 179 Å². The normalized spacial score (nSPS) is 14.9. The maximum absolute atomic E-state index is 12.5. The fourth-order valence-corrected chi connectivity index (χ4v) is 4.24. The monoisotopic (exact) mass is 443 g/mol. The SMILES string of the molecule is CC[C@@H](N=c1c(Nc2c(C)cc(Cl)c3c2C(=O)NC3=O)c(P)c1=O)c1ccc(C)o1. The topological polar surface area (TPSA) is 101 Å². The molecular weight excluding hydrogens is 425 g/mol. The minimum atomic E-state index is -0.541. The fraction of sp³-hybridized carbons (Fsp3) is 0.238. The van der Waals surface area contributed by atoms with Gasteiger partial charge in [-0.05, 0) is 44.0 Å². The van der Waals surface area contributed by atoms with Crippen molar-refractivity contribution in [2.24, 2.45) is 4.99 Å². The second-order valence-corrected chi connectivity index (χ2v) is 8.16. The van der Waals surface area contributed by atoms with Crippen molar-refractivity contribution >= 4 is 49.3 Å². The number of carbonyl (C=O) groups excluding carboxylic acids is 2. The van der Waals surface area contributed by atoms with Gasteiger partial charge in [-0.25, -0.2) is 0 Å². The largest absolute Gasteiger partial charge is 0.464 e. The van der Waals surface area contributed by atoms with E-state index >= 15 is 0 Å². The number of furan rings is 1. The van der Waals surface area contributed by atoms with E-state index in [1.807, 2.05) is 26.0 Å². The number of hydrogen-bond donors (Lipinski definition) is 2. The van der Waals surface area contributed by atoms with Gasteiger partial charge < -0.3 is 9.73 Å². The predicted octanol–water partition coefficient (Wildman–Crippen LogP) is 2.97. The fourth-order valence-electron chi connectivity index (χ4n) is 3.55. The van der Waals surface area contributed by atoms with E-state index < -0.39 is 11.8 Å². The molecule has 1 aromatic heterocycles. The minimum Gasteiger partial charge on any atom is -0.464 e. The molecule has 0 saturated heterocycles. The standard InChI is InChI=1S/C21H19ClN3O4P/c1-4-11(12-6-5-9(3)29-12)23-16-17(19(30)18(16)26)24-15-8(2)7-10(22)13-14(15)21(28)25-20(13)27/h5-7,11,24H,4,30H2,1-3H3,(H,25,27,28)/t11-/m1/s1. The zero-order valence-corrected chi connectivity index (χ0v) is 18.5. The smallest absolute Gasteiger partial charge is 0.261 e. The molecule has 0 aliphatic carbocycles. The van der Waals surface area contributed by atoms with E-state index in [1.165, 1.54) is 0 Å². The minimum absolute atomic E-state index is 0.127. The molecule has 1 aliphatic rings. The lowest BCUT2D eigenvalue weighted by Crippen LogP contribution is -2.47. The number of benzene rings is 1. The summed E-state index contributed by atoms with van der Waals surface area (Å²) >= 11 is 6.18. The molecule has 154 valence electrons. The van der Waals surface area contributed by atoms with Gasteiger partial charge in [-0.15, -0.1) is 0 Å². The van der Waals surface area contributed by atoms with Crippen molar-refractivity contribution in [3.8, 4) is 0 Å². The zero-order valence-electron chi connectivity index (χ0n) is 16.6. The van der Waals surface area contributed by atoms with Crippen LogP contribution in [-0.4, -0.2) is 11.8 Å². The average Bonchev–Trinajstić information content (AvgIpc) is 3.26. The number of amides is 2. The number of halogens is 1. The van der Waals surface area contributed by atoms with Crippen molar-refractivity contribution in [2.45, 2.75) is 33.2 Å². The molecule has 9 heteroatoms. The van der Waals surface area contributed by atoms with E-state index in [0.717, 1.165) is 5.76 Å². The van der Waals surface area contributed by atoms with E-state index in [1.54, 1.807) is 13.0 Å². The first-order valence-electron chi connectivity index (χ1n) is 9.37. The lowest BCUT2D eigenvalue weighted by molar-refractivity contribution is 0.0880. The van der Waals surface area contributed by atoms with Crippen LogP contribution in [0.3, 0.4) is 0 Å². The number of aryl methyl sites for hydroxylation is 2. The molecule has 0 spiro atoms. The van der Waals surface area contributed by atoms with Crippen LogP contribution in [0.4, 0.5) is 11.4 Å². The highest BCUT2D eigenvalue weighted by atomic mass is 35.5. The van der Waals surface area contributed by atoms with Gasteiger partial charge in [0.1, 0.15) is 22.9 Å². The average molecular weight is 444 g/mol. The molecular formula is C21H19ClN3O4P. The summed E-state index contributed by atoms with van der Waals surface area (Å²) < 4.78 is 5.68. The highest BCUT2D eigenvalue weighted by Crippen LogP contribution is 2.35. The highest BCUT2D eigenvalue weighted by Gasteiger charge is 2.34. The van der Waals surface area contributed by atoms with Crippen LogP contribution >= 0.6 is 20.8 Å². The van der Waals surface area contributed by atoms with Gasteiger partial charge in [-0.3, -0.25) is 24.7 Å². The summed E-state index contributed by atoms with van der Waals surface area (Å²) in [5.74, 6) is 0.379. The van der Waals surface area contributed by atoms with Crippen LogP contribution in [0.15, 0.2) is 32.4 Å². The predicted molar refractivity (Wildman–Crippen MR) is 118 cm³/mol. The third-order valence-corrected chi connectivity index (χ3v) is 5.98. The summed E-state index contributed by atoms with van der Waals surface area (Å²) in [6.45, 7) is 5.58. The lowest BCUT2D eigenvalue weighted by Gasteiger charge is -2.18. The van der Waals surface area contributed by atoms with Crippen LogP contribution in [0.5, 0.6) is 0 Å². The molecule has 0 saturated carbocycles. The number of imide groups is 1. The Morgan fingerprint density at radius 1 is 1.17 bits per heavy atom. The van der Waals surface area contributed by atoms with Crippen LogP contribution in [0.2, 0.25) is 5.02 Å². The van der Waals surface area contributed by atoms with Gasteiger partial charge in [-0.1, -0.05) is 27.8 Å². The second kappa shape index (κ2) is 7.49. The highest BCUT2D eigenvalue weighted by molar-refractivity contribution is 7.28. The Balaban J connectivity index is 1.81. The van der Waals surface area contributed by atoms with Gasteiger partial charge in [0, 0.05) is 5.30 Å². The van der Waals surface area contributed by atoms with E-state index in [4.69, 9.17) is 16.0 Å². The molecule has 2 N–H and O–H groups in total. The molecule has 0 bridgehead atoms. The first-order chi connectivity index (χ1) is 14.2. The number of nitrogens with one attached hydrogen (secondary N) is 2. The Hall–Kier alpha value is -2.76. The van der Waals surface area contributed by atoms with E-state index in [2.05, 4.69) is 24.9 Å². The van der Waals surface area contributed by atoms with Crippen molar-refractivity contribution in [1.82, 2.24) is 5.32 Å². The molecule has 4 rings (SSSR count). The number of nitrogens with zero attached hydrogens (tertiary/aromatic N) is 1. The van der Waals surface area contributed by atoms with Gasteiger partial charge in [0.2, 0.25) is 5.43 Å². The van der Waals surface area contributed by atoms with Crippen molar-refractivity contribution in [3.05, 3.63) is 67.0 Å². The third-order valence-electron chi connectivity index (χ3n) is 5.13. The number of rotatable bonds is 5. The summed E-state index contributed by atoms with van der Waals surface area (Å²) in [7, 11) is 2.40. The maximum atomic E-state index is 12.5. The van der Waals surface area contributed by atoms with Gasteiger partial charge >= 0.3 is 0 Å². The molecule has 1 aliphatic heterocycles. The molecule has 30 heavy (non-hydrogen) atoms. The molecule has 2 atom stereocenters. The van der Waals surface area contributed by atoms with E-state index in [0.29, 0.717) is 34.4 Å². The Kier molecular flexibility index (Phi) is 5.12. The number of fused-ring (bicyclic) bond motifs is 1. The second-order valence-electron chi connectivity index (χ2n) is 7.18. The molecule has 3 aromatic rings. The summed E-state index contributed by atoms with van der Waals surface area (Å²) in [4.78, 5) is 41.6. The molecule has 0 radical (unpaired) electrons. The van der Waals surface area contributed by atoms with Gasteiger partial charge in [0.15, 0.2) is 0 Å². The van der Waals surface area contributed by atoms with Crippen molar-refractivity contribution < 1.29 is 14.0 Å². The summed E-state index contributed by atoms with van der Waals surface area (Å²) in [5, 5.41) is 6.31. The van der Waals surface area contributed by atoms with Crippen LogP contribution in [-0.2, 0) is 0 Å². The van der Waals surface area contributed by atoms with Gasteiger partial charge in [0.25, 0.3) is 11.8 Å². The van der Waals surface area contributed by atoms with Gasteiger partial charge in [0.05, 0.1) is 27.5 Å². The summed E-state index contributed by atoms with van der Waals surface area (Å²) in [5.41, 5.74) is 1.68. The lowest BCUT2D eigenvalue weighted by atomic mass is 10.0. The van der Waals surface area contributed by atoms with Crippen LogP contribution in [0.1, 0.15) is 57.2 Å². The molecule has 2 aromatic carbocycles. The van der Waals surface area contributed by atoms with Crippen molar-refractivity contribution in [3.63, 3.8) is 0 Å². The molecule has 2 heterocycles. The summed E-state index contributed by atoms with van der Waals surface area (Å²) in [6, 6.07) is 5.00. The van der Waals surface area contributed by atoms with Crippen LogP contribution < -0.4 is 26.7 Å². The number of carbonyl (C=O) groups is 2. The van der Waals surface area contributed by atoms with Crippen LogP contribution in [0, 0.1) is 13.8 Å². The maximum Gasteiger partial charge on any atom is 0.261 e. The number of anilines is 2. The zero-order chi connectivity index (χ0) is 21.7. The molecule has 1 unspecified atom stereocenters. The number of hydrogen-bond acceptors (Lipinski definition) is 6. The van der Waals surface area contributed by atoms with E-state index in [-0.39, 0.29) is 33.0 Å². The summed E-state index contributed by atoms with van der Waals surface area (Å²) in [6.07, 6.45) is 0.648. The molecule has 0 fully saturated rings. The molecule has 2 amide bonds. The Morgan fingerprint density at radius 3 is 2.50 bits per heavy atom. The first-order valence-corrected chi connectivity index (χ1v) is 10.3. The first kappa shape index (κ1) is 20.5. The molecule has 7 nitrogen and oxygen atoms in total. The third kappa shape index (κ3) is 3.18. The van der Waals surface area contributed by atoms with Crippen molar-refractivity contribution in [2.75, 3.05) is 5.32 Å².